The second-order valence-electron chi connectivity index (χ2n) is 4.49. The van der Waals surface area contributed by atoms with Crippen molar-refractivity contribution in [3.05, 3.63) is 16.1 Å². The van der Waals surface area contributed by atoms with E-state index in [1.54, 1.807) is 12.5 Å². The smallest absolute Gasteiger partial charge is 0.270 e. The van der Waals surface area contributed by atoms with Gasteiger partial charge in [-0.1, -0.05) is 0 Å². The van der Waals surface area contributed by atoms with E-state index in [4.69, 9.17) is 9.84 Å². The van der Waals surface area contributed by atoms with Crippen molar-refractivity contribution in [1.82, 2.24) is 10.3 Å². The maximum absolute atomic E-state index is 12.0. The van der Waals surface area contributed by atoms with Gasteiger partial charge in [0.15, 0.2) is 0 Å². The second kappa shape index (κ2) is 6.26. The van der Waals surface area contributed by atoms with Gasteiger partial charge in [-0.15, -0.1) is 11.3 Å². The number of nitrogens with zero attached hydrogens (tertiary/aromatic N) is 1. The first-order valence-corrected chi connectivity index (χ1v) is 6.97. The summed E-state index contributed by atoms with van der Waals surface area (Å²) in [6.45, 7) is 0.536. The quantitative estimate of drug-likeness (QED) is 0.780. The van der Waals surface area contributed by atoms with Gasteiger partial charge in [0.05, 0.1) is 6.61 Å². The zero-order chi connectivity index (χ0) is 13.0. The summed E-state index contributed by atoms with van der Waals surface area (Å²) in [6, 6.07) is 0.0788. The Morgan fingerprint density at radius 2 is 2.50 bits per heavy atom. The Morgan fingerprint density at radius 1 is 1.72 bits per heavy atom. The number of hydrogen-bond acceptors (Lipinski definition) is 5. The zero-order valence-corrected chi connectivity index (χ0v) is 11.2. The molecular formula is C12H18N2O3S. The lowest BCUT2D eigenvalue weighted by molar-refractivity contribution is 0.0919. The van der Waals surface area contributed by atoms with Gasteiger partial charge < -0.3 is 15.2 Å². The van der Waals surface area contributed by atoms with Gasteiger partial charge in [-0.3, -0.25) is 4.79 Å². The molecule has 1 amide bonds. The Balaban J connectivity index is 1.92. The van der Waals surface area contributed by atoms with Crippen molar-refractivity contribution < 1.29 is 14.6 Å². The molecule has 1 fully saturated rings. The number of carbonyl (C=O) groups excluding carboxylic acids is 1. The number of aromatic nitrogens is 1. The molecule has 100 valence electrons. The lowest BCUT2D eigenvalue weighted by Gasteiger charge is -2.16. The highest BCUT2D eigenvalue weighted by molar-refractivity contribution is 7.09. The molecule has 1 aromatic rings. The summed E-state index contributed by atoms with van der Waals surface area (Å²) in [5.41, 5.74) is 0.440. The molecular weight excluding hydrogens is 252 g/mol. The van der Waals surface area contributed by atoms with Gasteiger partial charge in [-0.25, -0.2) is 4.98 Å². The van der Waals surface area contributed by atoms with Gasteiger partial charge in [0.1, 0.15) is 10.7 Å². The highest BCUT2D eigenvalue weighted by atomic mass is 32.1. The third-order valence-electron chi connectivity index (χ3n) is 3.00. The number of amides is 1. The fourth-order valence-electron chi connectivity index (χ4n) is 1.91. The topological polar surface area (TPSA) is 71.5 Å². The molecule has 1 heterocycles. The first-order valence-electron chi connectivity index (χ1n) is 6.09. The molecule has 2 N–H and O–H groups in total. The van der Waals surface area contributed by atoms with Crippen LogP contribution >= 0.6 is 11.3 Å². The molecule has 0 bridgehead atoms. The molecule has 1 aliphatic carbocycles. The van der Waals surface area contributed by atoms with Crippen molar-refractivity contribution in [2.45, 2.75) is 31.9 Å². The summed E-state index contributed by atoms with van der Waals surface area (Å²) < 4.78 is 4.97. The minimum Gasteiger partial charge on any atom is -0.396 e. The predicted molar refractivity (Wildman–Crippen MR) is 68.5 cm³/mol. The van der Waals surface area contributed by atoms with Crippen molar-refractivity contribution in [3.63, 3.8) is 0 Å². The van der Waals surface area contributed by atoms with Gasteiger partial charge >= 0.3 is 0 Å². The molecule has 5 nitrogen and oxygen atoms in total. The molecule has 1 atom stereocenters. The SMILES string of the molecule is COCc1nc(C(=O)NC(CCO)C2CC2)cs1. The van der Waals surface area contributed by atoms with Crippen molar-refractivity contribution in [1.29, 1.82) is 0 Å². The van der Waals surface area contributed by atoms with E-state index >= 15 is 0 Å². The van der Waals surface area contributed by atoms with E-state index in [1.807, 2.05) is 0 Å². The summed E-state index contributed by atoms with van der Waals surface area (Å²) in [7, 11) is 1.60. The Labute approximate surface area is 110 Å². The van der Waals surface area contributed by atoms with E-state index in [1.165, 1.54) is 11.3 Å². The van der Waals surface area contributed by atoms with E-state index < -0.39 is 0 Å². The first kappa shape index (κ1) is 13.5. The Kier molecular flexibility index (Phi) is 4.68. The molecule has 0 spiro atoms. The van der Waals surface area contributed by atoms with Crippen LogP contribution in [0.1, 0.15) is 34.8 Å². The minimum absolute atomic E-state index is 0.0788. The van der Waals surface area contributed by atoms with E-state index in [0.29, 0.717) is 24.6 Å². The molecule has 0 radical (unpaired) electrons. The molecule has 1 aliphatic rings. The molecule has 2 rings (SSSR count). The van der Waals surface area contributed by atoms with Crippen LogP contribution in [-0.2, 0) is 11.3 Å². The Morgan fingerprint density at radius 3 is 3.11 bits per heavy atom. The van der Waals surface area contributed by atoms with Gasteiger partial charge in [0, 0.05) is 25.1 Å². The van der Waals surface area contributed by atoms with E-state index in [-0.39, 0.29) is 18.6 Å². The van der Waals surface area contributed by atoms with E-state index in [9.17, 15) is 4.79 Å². The van der Waals surface area contributed by atoms with Crippen molar-refractivity contribution in [2.75, 3.05) is 13.7 Å². The van der Waals surface area contributed by atoms with E-state index in [0.717, 1.165) is 17.8 Å². The van der Waals surface area contributed by atoms with Gasteiger partial charge in [0.25, 0.3) is 5.91 Å². The number of nitrogens with one attached hydrogen (secondary N) is 1. The van der Waals surface area contributed by atoms with Crippen molar-refractivity contribution in [3.8, 4) is 0 Å². The van der Waals surface area contributed by atoms with Crippen LogP contribution in [0.5, 0.6) is 0 Å². The third-order valence-corrected chi connectivity index (χ3v) is 3.82. The van der Waals surface area contributed by atoms with Gasteiger partial charge in [0.2, 0.25) is 0 Å². The number of aliphatic hydroxyl groups is 1. The fraction of sp³-hybridized carbons (Fsp3) is 0.667. The number of hydrogen-bond donors (Lipinski definition) is 2. The maximum Gasteiger partial charge on any atom is 0.270 e. The normalized spacial score (nSPS) is 16.6. The fourth-order valence-corrected chi connectivity index (χ4v) is 2.66. The molecule has 0 aromatic carbocycles. The number of methoxy groups -OCH3 is 1. The van der Waals surface area contributed by atoms with Crippen LogP contribution < -0.4 is 5.32 Å². The first-order chi connectivity index (χ1) is 8.74. The maximum atomic E-state index is 12.0. The second-order valence-corrected chi connectivity index (χ2v) is 5.43. The zero-order valence-electron chi connectivity index (χ0n) is 10.4. The largest absolute Gasteiger partial charge is 0.396 e. The van der Waals surface area contributed by atoms with Crippen LogP contribution in [0.25, 0.3) is 0 Å². The van der Waals surface area contributed by atoms with Crippen molar-refractivity contribution >= 4 is 17.2 Å². The average Bonchev–Trinajstić information content (AvgIpc) is 3.09. The van der Waals surface area contributed by atoms with Crippen molar-refractivity contribution in [2.24, 2.45) is 5.92 Å². The lowest BCUT2D eigenvalue weighted by Crippen LogP contribution is -2.37. The standard InChI is InChI=1S/C12H18N2O3S/c1-17-6-11-13-10(7-18-11)12(16)14-9(4-5-15)8-2-3-8/h7-9,15H,2-6H2,1H3,(H,14,16). The number of carbonyl (C=O) groups is 1. The molecule has 1 unspecified atom stereocenters. The summed E-state index contributed by atoms with van der Waals surface area (Å²) >= 11 is 1.42. The van der Waals surface area contributed by atoms with Crippen LogP contribution in [0.3, 0.4) is 0 Å². The van der Waals surface area contributed by atoms with Crippen LogP contribution in [0, 0.1) is 5.92 Å². The number of thiazole rings is 1. The highest BCUT2D eigenvalue weighted by Crippen LogP contribution is 2.34. The van der Waals surface area contributed by atoms with Crippen LogP contribution in [0.2, 0.25) is 0 Å². The lowest BCUT2D eigenvalue weighted by atomic mass is 10.1. The van der Waals surface area contributed by atoms with Gasteiger partial charge in [-0.2, -0.15) is 0 Å². The summed E-state index contributed by atoms with van der Waals surface area (Å²) in [6.07, 6.45) is 2.89. The molecule has 18 heavy (non-hydrogen) atoms. The molecule has 1 aromatic heterocycles. The van der Waals surface area contributed by atoms with Gasteiger partial charge in [-0.05, 0) is 25.2 Å². The monoisotopic (exact) mass is 270 g/mol. The highest BCUT2D eigenvalue weighted by Gasteiger charge is 2.32. The van der Waals surface area contributed by atoms with E-state index in [2.05, 4.69) is 10.3 Å². The molecule has 6 heteroatoms. The molecule has 1 saturated carbocycles. The summed E-state index contributed by atoms with van der Waals surface area (Å²) in [5.74, 6) is 0.372. The average molecular weight is 270 g/mol. The number of aliphatic hydroxyl groups excluding tert-OH is 1. The summed E-state index contributed by atoms with van der Waals surface area (Å²) in [5, 5.41) is 14.5. The number of rotatable bonds is 7. The summed E-state index contributed by atoms with van der Waals surface area (Å²) in [4.78, 5) is 16.2. The molecule has 0 saturated heterocycles. The van der Waals surface area contributed by atoms with Crippen LogP contribution in [0.15, 0.2) is 5.38 Å². The third kappa shape index (κ3) is 3.51. The minimum atomic E-state index is -0.154. The van der Waals surface area contributed by atoms with Crippen LogP contribution in [-0.4, -0.2) is 35.8 Å². The molecule has 0 aliphatic heterocycles. The Hall–Kier alpha value is -0.980. The number of ether oxygens (including phenoxy) is 1. The van der Waals surface area contributed by atoms with Crippen LogP contribution in [0.4, 0.5) is 0 Å². The predicted octanol–water partition coefficient (Wildman–Crippen LogP) is 1.18. The Bertz CT molecular complexity index is 404.